The van der Waals surface area contributed by atoms with Crippen molar-refractivity contribution in [2.24, 2.45) is 23.7 Å². The predicted molar refractivity (Wildman–Crippen MR) is 265 cm³/mol. The Kier molecular flexibility index (Phi) is 16.7. The van der Waals surface area contributed by atoms with Crippen LogP contribution in [-0.4, -0.2) is 149 Å². The second-order valence-corrected chi connectivity index (χ2v) is 21.5. The maximum atomic E-state index is 15.2. The first kappa shape index (κ1) is 55.6. The molecule has 8 rings (SSSR count). The molecule has 4 aliphatic heterocycles. The van der Waals surface area contributed by atoms with E-state index in [9.17, 15) is 32.7 Å². The summed E-state index contributed by atoms with van der Waals surface area (Å²) in [7, 11) is 3.35. The summed E-state index contributed by atoms with van der Waals surface area (Å²) < 4.78 is 74.5. The Bertz CT molecular complexity index is 2640. The van der Waals surface area contributed by atoms with Crippen molar-refractivity contribution >= 4 is 23.6 Å². The number of benzene rings is 1. The number of esters is 1. The van der Waals surface area contributed by atoms with E-state index in [0.717, 1.165) is 29.0 Å². The van der Waals surface area contributed by atoms with E-state index in [1.165, 1.54) is 26.2 Å². The van der Waals surface area contributed by atoms with Crippen LogP contribution in [0.5, 0.6) is 0 Å². The highest BCUT2D eigenvalue weighted by molar-refractivity contribution is 6.00. The summed E-state index contributed by atoms with van der Waals surface area (Å²) in [5.41, 5.74) is -0.404. The minimum absolute atomic E-state index is 0.0704. The number of pyridine rings is 1. The van der Waals surface area contributed by atoms with E-state index >= 15 is 4.79 Å². The smallest absolute Gasteiger partial charge is 0.416 e. The second kappa shape index (κ2) is 22.5. The van der Waals surface area contributed by atoms with Crippen LogP contribution >= 0.6 is 0 Å². The molecular formula is C54H71F3N8O10. The number of methoxy groups -OCH3 is 1. The molecule has 21 heteroatoms. The maximum absolute atomic E-state index is 15.2. The maximum Gasteiger partial charge on any atom is 0.416 e. The summed E-state index contributed by atoms with van der Waals surface area (Å²) in [4.78, 5) is 70.2. The zero-order chi connectivity index (χ0) is 54.1. The summed E-state index contributed by atoms with van der Waals surface area (Å²) >= 11 is 0. The van der Waals surface area contributed by atoms with Gasteiger partial charge >= 0.3 is 18.2 Å². The zero-order valence-corrected chi connectivity index (χ0v) is 44.2. The van der Waals surface area contributed by atoms with Crippen LogP contribution < -0.4 is 0 Å². The number of amides is 1. The van der Waals surface area contributed by atoms with Gasteiger partial charge < -0.3 is 38.3 Å². The van der Waals surface area contributed by atoms with Crippen molar-refractivity contribution in [3.05, 3.63) is 84.3 Å². The number of rotatable bonds is 16. The Morgan fingerprint density at radius 2 is 1.73 bits per heavy atom. The molecule has 7 heterocycles. The minimum Gasteiger partial charge on any atom is -0.458 e. The fourth-order valence-corrected chi connectivity index (χ4v) is 11.9. The monoisotopic (exact) mass is 1050 g/mol. The molecule has 75 heavy (non-hydrogen) atoms. The third kappa shape index (κ3) is 11.6. The summed E-state index contributed by atoms with van der Waals surface area (Å²) in [6.45, 7) is 13.5. The Labute approximate surface area is 435 Å². The van der Waals surface area contributed by atoms with Crippen molar-refractivity contribution in [2.75, 3.05) is 20.7 Å². The first-order valence-electron chi connectivity index (χ1n) is 26.1. The summed E-state index contributed by atoms with van der Waals surface area (Å²) in [6.07, 6.45) is 1.63. The van der Waals surface area contributed by atoms with Crippen LogP contribution in [-0.2, 0) is 70.2 Å². The van der Waals surface area contributed by atoms with Crippen LogP contribution in [0.15, 0.2) is 67.5 Å². The lowest BCUT2D eigenvalue weighted by molar-refractivity contribution is -0.296. The molecule has 1 N–H and O–H groups in total. The van der Waals surface area contributed by atoms with Gasteiger partial charge in [-0.3, -0.25) is 28.9 Å². The highest BCUT2D eigenvalue weighted by atomic mass is 19.4. The molecule has 1 unspecified atom stereocenters. The van der Waals surface area contributed by atoms with Gasteiger partial charge in [-0.05, 0) is 103 Å². The van der Waals surface area contributed by atoms with Crippen LogP contribution in [0.2, 0.25) is 0 Å². The first-order valence-corrected chi connectivity index (χ1v) is 26.1. The van der Waals surface area contributed by atoms with Crippen LogP contribution in [0.1, 0.15) is 97.4 Å². The van der Waals surface area contributed by atoms with Gasteiger partial charge in [0.15, 0.2) is 17.7 Å². The number of nitrogens with zero attached hydrogens (tertiary/aromatic N) is 8. The standard InChI is InChI=1S/C54H71F3N8O10/c1-10-42-53(7)47-43(40(65(47)51(70)75-53)14-12-22-63-29-39(59-30-63)36-13-11-21-58-27-36)44(66)31(2)26-52(6,71-9)48(33(4)45(67)34(5)49(69)73-42)74-50-46(68)41(25-32(3)72-50)62(8)23-20-38-28-64(61-60-38)24-19-35-15-17-37(18-16-35)54(55,56)57/h11,13,15-18,21,27-34,40-43,46-48,50,68H,10,12,14,19-20,22-26H2,1-9H3/t31-,32-,33+,34-,40?,41+,42-,43+,46-,47+,48-,50+,52-,53-/m1/s1. The number of hydrogen-bond acceptors (Lipinski definition) is 15. The van der Waals surface area contributed by atoms with Crippen molar-refractivity contribution in [2.45, 2.75) is 173 Å². The lowest BCUT2D eigenvalue weighted by Crippen LogP contribution is -2.72. The number of hydrogen-bond donors (Lipinski definition) is 1. The number of aliphatic hydroxyl groups is 1. The van der Waals surface area contributed by atoms with E-state index in [1.54, 1.807) is 62.2 Å². The van der Waals surface area contributed by atoms with Crippen molar-refractivity contribution in [3.8, 4) is 11.3 Å². The number of alkyl halides is 3. The zero-order valence-electron chi connectivity index (χ0n) is 44.2. The number of likely N-dealkylation sites (N-methyl/N-ethyl adjacent to an activating group) is 1. The van der Waals surface area contributed by atoms with Gasteiger partial charge in [0, 0.05) is 87.4 Å². The largest absolute Gasteiger partial charge is 0.458 e. The fraction of sp³-hybridized carbons (Fsp3) is 0.630. The molecule has 4 aliphatic rings. The van der Waals surface area contributed by atoms with E-state index in [4.69, 9.17) is 23.7 Å². The molecule has 4 aromatic rings. The number of carbonyl (C=O) groups is 4. The Morgan fingerprint density at radius 1 is 0.987 bits per heavy atom. The number of halogens is 3. The topological polar surface area (TPSA) is 203 Å². The second-order valence-electron chi connectivity index (χ2n) is 21.5. The molecule has 1 amide bonds. The summed E-state index contributed by atoms with van der Waals surface area (Å²) in [5.74, 6) is -5.19. The number of aromatic nitrogens is 6. The normalized spacial score (nSPS) is 32.7. The molecule has 18 nitrogen and oxygen atoms in total. The quantitative estimate of drug-likeness (QED) is 0.0911. The van der Waals surface area contributed by atoms with Gasteiger partial charge in [-0.2, -0.15) is 13.2 Å². The number of ether oxygens (including phenoxy) is 5. The molecule has 0 radical (unpaired) electrons. The fourth-order valence-electron chi connectivity index (χ4n) is 11.9. The van der Waals surface area contributed by atoms with Gasteiger partial charge in [0.2, 0.25) is 0 Å². The Hall–Kier alpha value is -5.61. The van der Waals surface area contributed by atoms with Crippen LogP contribution in [0.3, 0.4) is 0 Å². The Balaban J connectivity index is 0.984. The van der Waals surface area contributed by atoms with E-state index in [-0.39, 0.29) is 18.6 Å². The molecule has 3 aromatic heterocycles. The van der Waals surface area contributed by atoms with Crippen LogP contribution in [0.4, 0.5) is 18.0 Å². The number of carbonyl (C=O) groups excluding carboxylic acids is 4. The van der Waals surface area contributed by atoms with Crippen molar-refractivity contribution in [1.29, 1.82) is 0 Å². The lowest BCUT2D eigenvalue weighted by atomic mass is 9.64. The van der Waals surface area contributed by atoms with Crippen LogP contribution in [0, 0.1) is 23.7 Å². The molecule has 0 bridgehead atoms. The van der Waals surface area contributed by atoms with Crippen LogP contribution in [0.25, 0.3) is 11.3 Å². The van der Waals surface area contributed by atoms with Gasteiger partial charge in [0.05, 0.1) is 53.0 Å². The van der Waals surface area contributed by atoms with E-state index < -0.39 is 113 Å². The first-order chi connectivity index (χ1) is 35.6. The number of aryl methyl sites for hydroxylation is 3. The lowest BCUT2D eigenvalue weighted by Gasteiger charge is -2.54. The van der Waals surface area contributed by atoms with Gasteiger partial charge in [0.1, 0.15) is 23.9 Å². The minimum atomic E-state index is -4.41. The molecule has 0 aliphatic carbocycles. The molecule has 4 saturated heterocycles. The highest BCUT2D eigenvalue weighted by Crippen LogP contribution is 2.52. The molecule has 0 spiro atoms. The predicted octanol–water partition coefficient (Wildman–Crippen LogP) is 6.76. The Morgan fingerprint density at radius 3 is 2.41 bits per heavy atom. The number of Topliss-reactive ketones (excluding diaryl/α,β-unsaturated/α-hetero) is 2. The van der Waals surface area contributed by atoms with Gasteiger partial charge in [-0.25, -0.2) is 9.78 Å². The van der Waals surface area contributed by atoms with Crippen molar-refractivity contribution in [1.82, 2.24) is 39.3 Å². The molecule has 14 atom stereocenters. The third-order valence-electron chi connectivity index (χ3n) is 16.2. The molecule has 1 aromatic carbocycles. The molecular weight excluding hydrogens is 978 g/mol. The number of imidazole rings is 1. The summed E-state index contributed by atoms with van der Waals surface area (Å²) in [6, 6.07) is 7.07. The van der Waals surface area contributed by atoms with Crippen molar-refractivity contribution in [3.63, 3.8) is 0 Å². The van der Waals surface area contributed by atoms with E-state index in [0.29, 0.717) is 57.4 Å². The number of cyclic esters (lactones) is 1. The molecule has 0 saturated carbocycles. The molecule has 4 fully saturated rings. The average molecular weight is 1050 g/mol. The molecule has 408 valence electrons. The van der Waals surface area contributed by atoms with Gasteiger partial charge in [-0.15, -0.1) is 5.10 Å². The third-order valence-corrected chi connectivity index (χ3v) is 16.2. The summed E-state index contributed by atoms with van der Waals surface area (Å²) in [5, 5.41) is 20.6. The van der Waals surface area contributed by atoms with E-state index in [2.05, 4.69) is 20.3 Å². The van der Waals surface area contributed by atoms with Gasteiger partial charge in [-0.1, -0.05) is 38.1 Å². The van der Waals surface area contributed by atoms with Crippen molar-refractivity contribution < 1.29 is 61.1 Å². The SMILES string of the molecule is CC[C@H]1OC(=O)[C@H](C)C(=O)[C@H](C)[C@@H](O[C@@H]2O[C@H](C)C[C@H](N(C)CCc3cn(CCc4ccc(C(F)(F)F)cc4)nn3)[C@H]2O)[C@](C)(OC)C[C@@H](C)C(=O)[C@@H]2C(CCCn3cnc(-c4cccnc4)c3)N3C(=O)O[C@@]1(C)[C@H]23. The van der Waals surface area contributed by atoms with Gasteiger partial charge in [0.25, 0.3) is 0 Å². The number of aliphatic hydroxyl groups excluding tert-OH is 1. The number of ketones is 2. The average Bonchev–Trinajstić information content (AvgIpc) is 4.11. The van der Waals surface area contributed by atoms with E-state index in [1.807, 2.05) is 48.7 Å². The highest BCUT2D eigenvalue weighted by Gasteiger charge is 2.70.